The molecule has 1 fully saturated rings. The number of benzene rings is 1. The lowest BCUT2D eigenvalue weighted by atomic mass is 10.1. The summed E-state index contributed by atoms with van der Waals surface area (Å²) in [4.78, 5) is 11.7. The van der Waals surface area contributed by atoms with Crippen LogP contribution in [0.15, 0.2) is 23.1 Å². The first-order valence-electron chi connectivity index (χ1n) is 5.23. The standard InChI is InChI=1S/C11H12ClNO3S/c1-7-4-8(11(14)13-9-2-3-9)6-10(5-7)17(12,15)16/h4-6,9H,2-3H2,1H3,(H,13,14). The quantitative estimate of drug-likeness (QED) is 0.855. The molecule has 1 aromatic rings. The van der Waals surface area contributed by atoms with Crippen molar-refractivity contribution < 1.29 is 13.2 Å². The SMILES string of the molecule is Cc1cc(C(=O)NC2CC2)cc(S(=O)(=O)Cl)c1. The number of carbonyl (C=O) groups is 1. The van der Waals surface area contributed by atoms with Crippen LogP contribution in [0.4, 0.5) is 0 Å². The molecule has 1 amide bonds. The monoisotopic (exact) mass is 273 g/mol. The first-order chi connectivity index (χ1) is 7.86. The summed E-state index contributed by atoms with van der Waals surface area (Å²) < 4.78 is 22.5. The third-order valence-corrected chi connectivity index (χ3v) is 3.84. The highest BCUT2D eigenvalue weighted by Gasteiger charge is 2.24. The van der Waals surface area contributed by atoms with Gasteiger partial charge in [-0.05, 0) is 43.5 Å². The molecule has 0 saturated heterocycles. The number of nitrogens with one attached hydrogen (secondary N) is 1. The summed E-state index contributed by atoms with van der Waals surface area (Å²) in [6, 6.07) is 4.62. The van der Waals surface area contributed by atoms with Gasteiger partial charge >= 0.3 is 0 Å². The van der Waals surface area contributed by atoms with E-state index in [9.17, 15) is 13.2 Å². The van der Waals surface area contributed by atoms with Crippen molar-refractivity contribution in [3.63, 3.8) is 0 Å². The average Bonchev–Trinajstić information content (AvgIpc) is 2.99. The Morgan fingerprint density at radius 1 is 1.35 bits per heavy atom. The van der Waals surface area contributed by atoms with Gasteiger partial charge in [0.15, 0.2) is 0 Å². The molecule has 4 nitrogen and oxygen atoms in total. The minimum absolute atomic E-state index is 0.0416. The summed E-state index contributed by atoms with van der Waals surface area (Å²) in [5.41, 5.74) is 1.02. The van der Waals surface area contributed by atoms with Crippen molar-refractivity contribution in [1.82, 2.24) is 5.32 Å². The van der Waals surface area contributed by atoms with Gasteiger partial charge in [0.05, 0.1) is 4.90 Å². The summed E-state index contributed by atoms with van der Waals surface area (Å²) in [5.74, 6) is -0.252. The number of aryl methyl sites for hydroxylation is 1. The predicted molar refractivity (Wildman–Crippen MR) is 64.7 cm³/mol. The number of hydrogen-bond acceptors (Lipinski definition) is 3. The molecular weight excluding hydrogens is 262 g/mol. The number of amides is 1. The molecule has 0 unspecified atom stereocenters. The summed E-state index contributed by atoms with van der Waals surface area (Å²) >= 11 is 0. The summed E-state index contributed by atoms with van der Waals surface area (Å²) in [5, 5.41) is 2.80. The second-order valence-electron chi connectivity index (χ2n) is 4.22. The predicted octanol–water partition coefficient (Wildman–Crippen LogP) is 1.81. The Labute approximate surface area is 104 Å². The first kappa shape index (κ1) is 12.4. The Balaban J connectivity index is 2.33. The first-order valence-corrected chi connectivity index (χ1v) is 7.54. The van der Waals surface area contributed by atoms with Gasteiger partial charge in [-0.2, -0.15) is 0 Å². The fourth-order valence-electron chi connectivity index (χ4n) is 1.52. The average molecular weight is 274 g/mol. The van der Waals surface area contributed by atoms with Gasteiger partial charge in [-0.3, -0.25) is 4.79 Å². The Bertz CT molecular complexity index is 564. The highest BCUT2D eigenvalue weighted by molar-refractivity contribution is 8.13. The van der Waals surface area contributed by atoms with Crippen LogP contribution in [0.1, 0.15) is 28.8 Å². The molecule has 1 aromatic carbocycles. The van der Waals surface area contributed by atoms with Crippen molar-refractivity contribution in [2.75, 3.05) is 0 Å². The van der Waals surface area contributed by atoms with Crippen molar-refractivity contribution in [1.29, 1.82) is 0 Å². The van der Waals surface area contributed by atoms with Crippen LogP contribution in [-0.4, -0.2) is 20.4 Å². The fraction of sp³-hybridized carbons (Fsp3) is 0.364. The van der Waals surface area contributed by atoms with E-state index in [0.29, 0.717) is 11.1 Å². The zero-order chi connectivity index (χ0) is 12.6. The van der Waals surface area contributed by atoms with Crippen LogP contribution in [0.3, 0.4) is 0 Å². The van der Waals surface area contributed by atoms with E-state index in [1.807, 2.05) is 0 Å². The number of carbonyl (C=O) groups excluding carboxylic acids is 1. The Hall–Kier alpha value is -1.07. The van der Waals surface area contributed by atoms with E-state index in [2.05, 4.69) is 5.32 Å². The van der Waals surface area contributed by atoms with E-state index >= 15 is 0 Å². The molecule has 6 heteroatoms. The van der Waals surface area contributed by atoms with Gasteiger partial charge in [0.25, 0.3) is 15.0 Å². The Morgan fingerprint density at radius 2 is 2.00 bits per heavy atom. The maximum Gasteiger partial charge on any atom is 0.261 e. The van der Waals surface area contributed by atoms with Gasteiger partial charge < -0.3 is 5.32 Å². The number of hydrogen-bond donors (Lipinski definition) is 1. The lowest BCUT2D eigenvalue weighted by Gasteiger charge is -2.06. The Kier molecular flexibility index (Phi) is 3.14. The fourth-order valence-corrected chi connectivity index (χ4v) is 2.38. The van der Waals surface area contributed by atoms with Gasteiger partial charge in [-0.1, -0.05) is 0 Å². The molecule has 0 atom stereocenters. The van der Waals surface area contributed by atoms with Gasteiger partial charge in [0.1, 0.15) is 0 Å². The molecule has 0 heterocycles. The number of halogens is 1. The maximum absolute atomic E-state index is 11.8. The Morgan fingerprint density at radius 3 is 2.53 bits per heavy atom. The zero-order valence-corrected chi connectivity index (χ0v) is 10.8. The third-order valence-electron chi connectivity index (χ3n) is 2.51. The van der Waals surface area contributed by atoms with Crippen LogP contribution in [0.5, 0.6) is 0 Å². The highest BCUT2D eigenvalue weighted by Crippen LogP contribution is 2.21. The van der Waals surface area contributed by atoms with Crippen molar-refractivity contribution in [2.24, 2.45) is 0 Å². The summed E-state index contributed by atoms with van der Waals surface area (Å²) in [6.07, 6.45) is 1.97. The minimum atomic E-state index is -3.80. The van der Waals surface area contributed by atoms with E-state index < -0.39 is 9.05 Å². The van der Waals surface area contributed by atoms with E-state index in [4.69, 9.17) is 10.7 Å². The molecule has 1 aliphatic rings. The van der Waals surface area contributed by atoms with Crippen LogP contribution in [0, 0.1) is 6.92 Å². The maximum atomic E-state index is 11.8. The minimum Gasteiger partial charge on any atom is -0.349 e. The molecule has 1 aliphatic carbocycles. The molecule has 0 radical (unpaired) electrons. The van der Waals surface area contributed by atoms with E-state index in [-0.39, 0.29) is 16.8 Å². The van der Waals surface area contributed by atoms with Crippen LogP contribution in [0.2, 0.25) is 0 Å². The van der Waals surface area contributed by atoms with Crippen LogP contribution in [0.25, 0.3) is 0 Å². The molecule has 1 saturated carbocycles. The molecule has 0 aromatic heterocycles. The highest BCUT2D eigenvalue weighted by atomic mass is 35.7. The van der Waals surface area contributed by atoms with E-state index in [1.165, 1.54) is 12.1 Å². The second-order valence-corrected chi connectivity index (χ2v) is 6.79. The summed E-state index contributed by atoms with van der Waals surface area (Å²) in [6.45, 7) is 1.72. The molecule has 1 N–H and O–H groups in total. The molecule has 2 rings (SSSR count). The van der Waals surface area contributed by atoms with Crippen molar-refractivity contribution in [3.05, 3.63) is 29.3 Å². The molecule has 92 valence electrons. The van der Waals surface area contributed by atoms with Gasteiger partial charge in [0.2, 0.25) is 0 Å². The van der Waals surface area contributed by atoms with Crippen molar-refractivity contribution in [3.8, 4) is 0 Å². The van der Waals surface area contributed by atoms with Crippen LogP contribution in [-0.2, 0) is 9.05 Å². The summed E-state index contributed by atoms with van der Waals surface area (Å²) in [7, 11) is 1.46. The van der Waals surface area contributed by atoms with Crippen LogP contribution >= 0.6 is 10.7 Å². The molecule has 0 spiro atoms. The number of rotatable bonds is 3. The lowest BCUT2D eigenvalue weighted by molar-refractivity contribution is 0.0951. The van der Waals surface area contributed by atoms with Crippen molar-refractivity contribution >= 4 is 25.6 Å². The van der Waals surface area contributed by atoms with Gasteiger partial charge in [-0.15, -0.1) is 0 Å². The second kappa shape index (κ2) is 4.31. The molecular formula is C11H12ClNO3S. The largest absolute Gasteiger partial charge is 0.349 e. The molecule has 17 heavy (non-hydrogen) atoms. The molecule has 0 bridgehead atoms. The normalized spacial score (nSPS) is 15.6. The van der Waals surface area contributed by atoms with E-state index in [0.717, 1.165) is 12.8 Å². The lowest BCUT2D eigenvalue weighted by Crippen LogP contribution is -2.25. The smallest absolute Gasteiger partial charge is 0.261 e. The van der Waals surface area contributed by atoms with E-state index in [1.54, 1.807) is 13.0 Å². The van der Waals surface area contributed by atoms with Crippen LogP contribution < -0.4 is 5.32 Å². The third kappa shape index (κ3) is 3.20. The van der Waals surface area contributed by atoms with Gasteiger partial charge in [0, 0.05) is 22.3 Å². The zero-order valence-electron chi connectivity index (χ0n) is 9.23. The van der Waals surface area contributed by atoms with Crippen molar-refractivity contribution in [2.45, 2.75) is 30.7 Å². The topological polar surface area (TPSA) is 63.2 Å². The molecule has 0 aliphatic heterocycles. The van der Waals surface area contributed by atoms with Gasteiger partial charge in [-0.25, -0.2) is 8.42 Å².